The molecule has 1 heterocycles. The molecule has 3 rings (SSSR count). The molecule has 0 radical (unpaired) electrons. The molecule has 1 N–H and O–H groups in total. The van der Waals surface area contributed by atoms with Gasteiger partial charge < -0.3 is 15.0 Å². The first-order valence-corrected chi connectivity index (χ1v) is 7.83. The molecular formula is C19H16F2N2O3. The molecule has 134 valence electrons. The second kappa shape index (κ2) is 6.95. The molecule has 5 nitrogen and oxygen atoms in total. The minimum atomic E-state index is -0.761. The Hall–Kier alpha value is -3.22. The van der Waals surface area contributed by atoms with Crippen molar-refractivity contribution in [3.8, 4) is 5.75 Å². The van der Waals surface area contributed by atoms with Crippen LogP contribution in [0, 0.1) is 11.6 Å². The Bertz CT molecular complexity index is 881. The van der Waals surface area contributed by atoms with Crippen molar-refractivity contribution in [3.05, 3.63) is 71.8 Å². The Balaban J connectivity index is 1.74. The highest BCUT2D eigenvalue weighted by Gasteiger charge is 2.30. The predicted octanol–water partition coefficient (Wildman–Crippen LogP) is 2.98. The molecule has 1 aliphatic heterocycles. The largest absolute Gasteiger partial charge is 0.490 e. The lowest BCUT2D eigenvalue weighted by Crippen LogP contribution is -2.30. The highest BCUT2D eigenvalue weighted by Crippen LogP contribution is 2.35. The van der Waals surface area contributed by atoms with E-state index in [0.29, 0.717) is 11.3 Å². The Labute approximate surface area is 148 Å². The summed E-state index contributed by atoms with van der Waals surface area (Å²) < 4.78 is 32.5. The van der Waals surface area contributed by atoms with Crippen LogP contribution in [0.1, 0.15) is 22.0 Å². The Morgan fingerprint density at radius 3 is 2.62 bits per heavy atom. The molecule has 0 fully saturated rings. The van der Waals surface area contributed by atoms with E-state index < -0.39 is 23.6 Å². The fraction of sp³-hybridized carbons (Fsp3) is 0.158. The maximum Gasteiger partial charge on any atom is 0.251 e. The first-order valence-electron chi connectivity index (χ1n) is 7.83. The van der Waals surface area contributed by atoms with Gasteiger partial charge in [0, 0.05) is 30.4 Å². The van der Waals surface area contributed by atoms with Crippen LogP contribution in [-0.4, -0.2) is 25.5 Å². The minimum Gasteiger partial charge on any atom is -0.490 e. The molecule has 2 aromatic rings. The summed E-state index contributed by atoms with van der Waals surface area (Å²) in [5, 5.41) is 2.67. The third-order valence-corrected chi connectivity index (χ3v) is 4.14. The molecule has 2 amide bonds. The fourth-order valence-electron chi connectivity index (χ4n) is 2.73. The van der Waals surface area contributed by atoms with Gasteiger partial charge in [0.1, 0.15) is 24.0 Å². The number of carbonyl (C=O) groups is 2. The van der Waals surface area contributed by atoms with Gasteiger partial charge in [-0.05, 0) is 30.3 Å². The molecule has 0 spiro atoms. The van der Waals surface area contributed by atoms with Crippen molar-refractivity contribution < 1.29 is 23.1 Å². The summed E-state index contributed by atoms with van der Waals surface area (Å²) in [7, 11) is 1.59. The van der Waals surface area contributed by atoms with Gasteiger partial charge in [-0.15, -0.1) is 0 Å². The van der Waals surface area contributed by atoms with Gasteiger partial charge >= 0.3 is 0 Å². The van der Waals surface area contributed by atoms with E-state index in [0.717, 1.165) is 12.1 Å². The molecule has 0 aliphatic carbocycles. The summed E-state index contributed by atoms with van der Waals surface area (Å²) in [6, 6.07) is 7.48. The monoisotopic (exact) mass is 358 g/mol. The lowest BCUT2D eigenvalue weighted by Gasteiger charge is -2.16. The molecule has 1 atom stereocenters. The van der Waals surface area contributed by atoms with E-state index in [1.54, 1.807) is 31.3 Å². The standard InChI is InChI=1S/C19H16F2N2O3/c1-3-17(24)23(2)13-6-4-11(5-7-13)19(25)22-15-10-26-16-9-12(20)8-14(21)18(15)16/h3-9,15H,1,10H2,2H3,(H,22,25). The van der Waals surface area contributed by atoms with Crippen molar-refractivity contribution in [2.75, 3.05) is 18.6 Å². The van der Waals surface area contributed by atoms with Crippen molar-refractivity contribution in [2.45, 2.75) is 6.04 Å². The summed E-state index contributed by atoms with van der Waals surface area (Å²) in [5.74, 6) is -2.11. The van der Waals surface area contributed by atoms with Gasteiger partial charge in [-0.2, -0.15) is 0 Å². The third-order valence-electron chi connectivity index (χ3n) is 4.14. The first-order chi connectivity index (χ1) is 12.4. The molecule has 7 heteroatoms. The highest BCUT2D eigenvalue weighted by molar-refractivity contribution is 6.01. The Kier molecular flexibility index (Phi) is 4.71. The molecule has 2 aromatic carbocycles. The third kappa shape index (κ3) is 3.28. The number of anilines is 1. The lowest BCUT2D eigenvalue weighted by atomic mass is 10.1. The highest BCUT2D eigenvalue weighted by atomic mass is 19.1. The van der Waals surface area contributed by atoms with Crippen LogP contribution in [0.25, 0.3) is 0 Å². The van der Waals surface area contributed by atoms with Crippen LogP contribution in [-0.2, 0) is 4.79 Å². The second-order valence-electron chi connectivity index (χ2n) is 5.78. The fourth-order valence-corrected chi connectivity index (χ4v) is 2.73. The quantitative estimate of drug-likeness (QED) is 0.855. The Morgan fingerprint density at radius 2 is 1.96 bits per heavy atom. The van der Waals surface area contributed by atoms with Gasteiger partial charge in [-0.1, -0.05) is 6.58 Å². The number of nitrogens with one attached hydrogen (secondary N) is 1. The topological polar surface area (TPSA) is 58.6 Å². The van der Waals surface area contributed by atoms with Gasteiger partial charge in [0.25, 0.3) is 5.91 Å². The van der Waals surface area contributed by atoms with Gasteiger partial charge in [0.05, 0.1) is 11.6 Å². The number of nitrogens with zero attached hydrogens (tertiary/aromatic N) is 1. The van der Waals surface area contributed by atoms with Crippen molar-refractivity contribution in [2.24, 2.45) is 0 Å². The summed E-state index contributed by atoms with van der Waals surface area (Å²) in [5.41, 5.74) is 1.07. The van der Waals surface area contributed by atoms with Crippen LogP contribution in [0.3, 0.4) is 0 Å². The van der Waals surface area contributed by atoms with E-state index in [9.17, 15) is 18.4 Å². The number of hydrogen-bond donors (Lipinski definition) is 1. The number of fused-ring (bicyclic) bond motifs is 1. The van der Waals surface area contributed by atoms with Gasteiger partial charge in [-0.25, -0.2) is 8.78 Å². The number of hydrogen-bond acceptors (Lipinski definition) is 3. The molecular weight excluding hydrogens is 342 g/mol. The van der Waals surface area contributed by atoms with Gasteiger partial charge in [0.15, 0.2) is 0 Å². The normalized spacial score (nSPS) is 15.0. The smallest absolute Gasteiger partial charge is 0.251 e. The van der Waals surface area contributed by atoms with Crippen LogP contribution in [0.4, 0.5) is 14.5 Å². The number of halogens is 2. The maximum atomic E-state index is 14.0. The van der Waals surface area contributed by atoms with Crippen LogP contribution < -0.4 is 15.0 Å². The number of likely N-dealkylation sites (N-methyl/N-ethyl adjacent to an activating group) is 1. The van der Waals surface area contributed by atoms with E-state index >= 15 is 0 Å². The lowest BCUT2D eigenvalue weighted by molar-refractivity contribution is -0.113. The second-order valence-corrected chi connectivity index (χ2v) is 5.78. The summed E-state index contributed by atoms with van der Waals surface area (Å²) in [4.78, 5) is 25.4. The summed E-state index contributed by atoms with van der Waals surface area (Å²) in [6.07, 6.45) is 1.19. The summed E-state index contributed by atoms with van der Waals surface area (Å²) >= 11 is 0. The number of amides is 2. The van der Waals surface area contributed by atoms with Crippen molar-refractivity contribution >= 4 is 17.5 Å². The van der Waals surface area contributed by atoms with Gasteiger partial charge in [-0.3, -0.25) is 9.59 Å². The van der Waals surface area contributed by atoms with E-state index in [1.165, 1.54) is 11.0 Å². The number of carbonyl (C=O) groups excluding carboxylic acids is 2. The van der Waals surface area contributed by atoms with E-state index in [2.05, 4.69) is 11.9 Å². The SMILES string of the molecule is C=CC(=O)N(C)c1ccc(C(=O)NC2COc3cc(F)cc(F)c32)cc1. The molecule has 1 aliphatic rings. The molecule has 0 saturated heterocycles. The number of ether oxygens (including phenoxy) is 1. The minimum absolute atomic E-state index is 0.0239. The predicted molar refractivity (Wildman–Crippen MR) is 92.1 cm³/mol. The van der Waals surface area contributed by atoms with Gasteiger partial charge in [0.2, 0.25) is 5.91 Å². The molecule has 26 heavy (non-hydrogen) atoms. The van der Waals surface area contributed by atoms with Crippen LogP contribution >= 0.6 is 0 Å². The van der Waals surface area contributed by atoms with Crippen molar-refractivity contribution in [1.82, 2.24) is 5.32 Å². The zero-order valence-corrected chi connectivity index (χ0v) is 14.0. The molecule has 1 unspecified atom stereocenters. The molecule has 0 aromatic heterocycles. The number of benzene rings is 2. The van der Waals surface area contributed by atoms with E-state index in [4.69, 9.17) is 4.74 Å². The maximum absolute atomic E-state index is 14.0. The average Bonchev–Trinajstić information content (AvgIpc) is 3.03. The Morgan fingerprint density at radius 1 is 1.27 bits per heavy atom. The summed E-state index contributed by atoms with van der Waals surface area (Å²) in [6.45, 7) is 3.44. The van der Waals surface area contributed by atoms with E-state index in [-0.39, 0.29) is 23.8 Å². The zero-order valence-electron chi connectivity index (χ0n) is 14.0. The van der Waals surface area contributed by atoms with Crippen LogP contribution in [0.15, 0.2) is 49.1 Å². The molecule has 0 saturated carbocycles. The van der Waals surface area contributed by atoms with E-state index in [1.807, 2.05) is 0 Å². The average molecular weight is 358 g/mol. The van der Waals surface area contributed by atoms with Crippen molar-refractivity contribution in [1.29, 1.82) is 0 Å². The number of rotatable bonds is 4. The van der Waals surface area contributed by atoms with Crippen LogP contribution in [0.5, 0.6) is 5.75 Å². The zero-order chi connectivity index (χ0) is 18.8. The van der Waals surface area contributed by atoms with Crippen LogP contribution in [0.2, 0.25) is 0 Å². The molecule has 0 bridgehead atoms. The van der Waals surface area contributed by atoms with Crippen molar-refractivity contribution in [3.63, 3.8) is 0 Å². The first kappa shape index (κ1) is 17.6.